The summed E-state index contributed by atoms with van der Waals surface area (Å²) in [6, 6.07) is 18.4. The molecule has 3 aromatic carbocycles. The lowest BCUT2D eigenvalue weighted by molar-refractivity contribution is -0.142. The molecule has 4 aliphatic rings. The van der Waals surface area contributed by atoms with Crippen molar-refractivity contribution in [1.82, 2.24) is 0 Å². The average molecular weight is 671 g/mol. The Balaban J connectivity index is 1.23. The summed E-state index contributed by atoms with van der Waals surface area (Å²) in [4.78, 5) is 60.0. The second kappa shape index (κ2) is 12.0. The van der Waals surface area contributed by atoms with Crippen LogP contribution in [0.2, 0.25) is 0 Å². The summed E-state index contributed by atoms with van der Waals surface area (Å²) >= 11 is 0. The van der Waals surface area contributed by atoms with Gasteiger partial charge in [-0.1, -0.05) is 30.7 Å². The van der Waals surface area contributed by atoms with Gasteiger partial charge >= 0.3 is 0 Å². The van der Waals surface area contributed by atoms with Crippen molar-refractivity contribution in [3.05, 3.63) is 100 Å². The van der Waals surface area contributed by atoms with Gasteiger partial charge in [0.25, 0.3) is 0 Å². The summed E-state index contributed by atoms with van der Waals surface area (Å²) in [7, 11) is 3.94. The minimum atomic E-state index is -1.07. The Kier molecular flexibility index (Phi) is 8.00. The second-order valence-corrected chi connectivity index (χ2v) is 14.8. The third-order valence-electron chi connectivity index (χ3n) is 11.8. The van der Waals surface area contributed by atoms with Crippen LogP contribution in [-0.2, 0) is 19.2 Å². The number of rotatable bonds is 5. The first-order chi connectivity index (χ1) is 23.7. The molecule has 1 aliphatic heterocycles. The molecule has 1 N–H and O–H groups in total. The molecule has 2 fully saturated rings. The predicted octanol–water partition coefficient (Wildman–Crippen LogP) is 7.84. The van der Waals surface area contributed by atoms with Crippen LogP contribution in [-0.4, -0.2) is 42.6 Å². The summed E-state index contributed by atoms with van der Waals surface area (Å²) in [5.41, 5.74) is 5.79. The van der Waals surface area contributed by atoms with E-state index in [1.165, 1.54) is 4.90 Å². The topological polar surface area (TPSA) is 120 Å². The lowest BCUT2D eigenvalue weighted by Crippen LogP contribution is -2.55. The van der Waals surface area contributed by atoms with Crippen LogP contribution >= 0.6 is 0 Å². The molecule has 9 heteroatoms. The van der Waals surface area contributed by atoms with Crippen LogP contribution in [0.5, 0.6) is 5.75 Å². The van der Waals surface area contributed by atoms with Crippen LogP contribution in [0.1, 0.15) is 56.2 Å². The number of ketones is 2. The number of hydrogen-bond donors (Lipinski definition) is 1. The lowest BCUT2D eigenvalue weighted by atomic mass is 9.46. The molecule has 1 saturated heterocycles. The van der Waals surface area contributed by atoms with E-state index in [0.29, 0.717) is 52.2 Å². The highest BCUT2D eigenvalue weighted by Crippen LogP contribution is 2.63. The number of aromatic hydroxyl groups is 1. The molecule has 1 heterocycles. The second-order valence-electron chi connectivity index (χ2n) is 14.8. The molecular formula is C41H42N4O5. The van der Waals surface area contributed by atoms with Crippen molar-refractivity contribution in [3.8, 4) is 5.75 Å². The zero-order valence-corrected chi connectivity index (χ0v) is 29.5. The van der Waals surface area contributed by atoms with E-state index in [9.17, 15) is 24.3 Å². The van der Waals surface area contributed by atoms with E-state index in [-0.39, 0.29) is 29.1 Å². The molecule has 7 rings (SSSR count). The predicted molar refractivity (Wildman–Crippen MR) is 192 cm³/mol. The number of hydrogen-bond acceptors (Lipinski definition) is 8. The van der Waals surface area contributed by atoms with Crippen LogP contribution in [0.3, 0.4) is 0 Å². The Bertz CT molecular complexity index is 2040. The fourth-order valence-electron chi connectivity index (χ4n) is 8.97. The standard InChI is InChI=1S/C41H42N4O5/c1-21-18-25(19-22(2)36(21)46)35-30-16-17-31-34(32(30)20-33-37(47)23(3)24(4)38(48)41(33,35)5)40(50)45(39(31)49)29-14-10-27(11-15-29)43-42-26-8-12-28(13-9-26)44(6)7/h8-16,18-19,31-35,46H,17,20H2,1-7H3/t31-,32+,33-,34-,35-,41+/m0/s1. The van der Waals surface area contributed by atoms with Crippen molar-refractivity contribution < 1.29 is 24.3 Å². The molecule has 2 amide bonds. The van der Waals surface area contributed by atoms with Crippen molar-refractivity contribution in [1.29, 1.82) is 0 Å². The van der Waals surface area contributed by atoms with Gasteiger partial charge in [0.05, 0.1) is 34.3 Å². The van der Waals surface area contributed by atoms with Gasteiger partial charge in [-0.25, -0.2) is 0 Å². The molecule has 1 saturated carbocycles. The third-order valence-corrected chi connectivity index (χ3v) is 11.8. The van der Waals surface area contributed by atoms with Gasteiger partial charge < -0.3 is 10.0 Å². The Morgan fingerprint density at radius 2 is 1.38 bits per heavy atom. The molecule has 0 aromatic heterocycles. The highest BCUT2D eigenvalue weighted by atomic mass is 16.3. The zero-order chi connectivity index (χ0) is 35.8. The fourth-order valence-corrected chi connectivity index (χ4v) is 8.97. The number of azo groups is 1. The van der Waals surface area contributed by atoms with Gasteiger partial charge in [0, 0.05) is 31.6 Å². The fraction of sp³-hybridized carbons (Fsp3) is 0.366. The maximum absolute atomic E-state index is 14.4. The van der Waals surface area contributed by atoms with Gasteiger partial charge in [0.1, 0.15) is 5.75 Å². The smallest absolute Gasteiger partial charge is 0.238 e. The number of aryl methyl sites for hydroxylation is 2. The van der Waals surface area contributed by atoms with Crippen molar-refractivity contribution in [2.45, 2.75) is 53.4 Å². The minimum Gasteiger partial charge on any atom is -0.507 e. The quantitative estimate of drug-likeness (QED) is 0.168. The summed E-state index contributed by atoms with van der Waals surface area (Å²) in [5, 5.41) is 19.3. The van der Waals surface area contributed by atoms with E-state index in [2.05, 4.69) is 16.3 Å². The number of carbonyl (C=O) groups is 4. The molecule has 0 unspecified atom stereocenters. The monoisotopic (exact) mass is 670 g/mol. The number of imide groups is 1. The van der Waals surface area contributed by atoms with Gasteiger partial charge in [-0.05, 0) is 123 Å². The van der Waals surface area contributed by atoms with E-state index in [0.717, 1.165) is 16.8 Å². The Morgan fingerprint density at radius 1 is 0.800 bits per heavy atom. The summed E-state index contributed by atoms with van der Waals surface area (Å²) < 4.78 is 0. The number of benzene rings is 3. The summed E-state index contributed by atoms with van der Waals surface area (Å²) in [6.45, 7) is 8.99. The van der Waals surface area contributed by atoms with Crippen LogP contribution in [0.15, 0.2) is 93.7 Å². The first-order valence-corrected chi connectivity index (χ1v) is 17.2. The SMILES string of the molecule is CC1=C(C)C(=O)[C@@]2(C)[C@@H](c3cc(C)c(O)c(C)c3)C3=CC[C@@H]4C(=O)N(c5ccc(N=Nc6ccc(N(C)C)cc6)cc5)C(=O)[C@@H]4[C@@H]3C[C@H]2C1=O. The zero-order valence-electron chi connectivity index (χ0n) is 29.5. The molecule has 0 radical (unpaired) electrons. The van der Waals surface area contributed by atoms with E-state index < -0.39 is 35.0 Å². The molecular weight excluding hydrogens is 628 g/mol. The van der Waals surface area contributed by atoms with Crippen molar-refractivity contribution in [3.63, 3.8) is 0 Å². The van der Waals surface area contributed by atoms with Crippen LogP contribution in [0.4, 0.5) is 22.7 Å². The molecule has 3 aliphatic carbocycles. The largest absolute Gasteiger partial charge is 0.507 e. The van der Waals surface area contributed by atoms with Gasteiger partial charge in [0.15, 0.2) is 11.6 Å². The van der Waals surface area contributed by atoms with Gasteiger partial charge in [-0.3, -0.25) is 24.1 Å². The Hall–Kier alpha value is -5.18. The first-order valence-electron chi connectivity index (χ1n) is 17.2. The maximum atomic E-state index is 14.4. The Morgan fingerprint density at radius 3 is 1.96 bits per heavy atom. The van der Waals surface area contributed by atoms with Crippen molar-refractivity contribution in [2.75, 3.05) is 23.9 Å². The molecule has 9 nitrogen and oxygen atoms in total. The summed E-state index contributed by atoms with van der Waals surface area (Å²) in [5.74, 6) is -3.27. The van der Waals surface area contributed by atoms with Gasteiger partial charge in [-0.15, -0.1) is 0 Å². The first kappa shape index (κ1) is 33.3. The number of phenolic OH excluding ortho intramolecular Hbond substituents is 1. The molecule has 0 spiro atoms. The number of carbonyl (C=O) groups excluding carboxylic acids is 4. The number of phenols is 1. The number of fused-ring (bicyclic) bond motifs is 4. The van der Waals surface area contributed by atoms with E-state index >= 15 is 0 Å². The highest BCUT2D eigenvalue weighted by Gasteiger charge is 2.64. The number of Topliss-reactive ketones (excluding diaryl/α,β-unsaturated/α-hetero) is 2. The molecule has 0 bridgehead atoms. The number of allylic oxidation sites excluding steroid dienone is 4. The number of nitrogens with zero attached hydrogens (tertiary/aromatic N) is 4. The average Bonchev–Trinajstić information content (AvgIpc) is 3.36. The number of amides is 2. The maximum Gasteiger partial charge on any atom is 0.238 e. The van der Waals surface area contributed by atoms with E-state index in [1.54, 1.807) is 38.1 Å². The third kappa shape index (κ3) is 4.96. The molecule has 3 aromatic rings. The lowest BCUT2D eigenvalue weighted by Gasteiger charge is -2.54. The molecule has 256 valence electrons. The van der Waals surface area contributed by atoms with Gasteiger partial charge in [0.2, 0.25) is 11.8 Å². The van der Waals surface area contributed by atoms with Crippen molar-refractivity contribution >= 4 is 46.1 Å². The van der Waals surface area contributed by atoms with E-state index in [4.69, 9.17) is 0 Å². The number of anilines is 2. The van der Waals surface area contributed by atoms with Crippen LogP contribution in [0, 0.1) is 42.9 Å². The van der Waals surface area contributed by atoms with Crippen LogP contribution < -0.4 is 9.80 Å². The summed E-state index contributed by atoms with van der Waals surface area (Å²) in [6.07, 6.45) is 2.73. The molecule has 50 heavy (non-hydrogen) atoms. The van der Waals surface area contributed by atoms with Gasteiger partial charge in [-0.2, -0.15) is 10.2 Å². The van der Waals surface area contributed by atoms with Crippen molar-refractivity contribution in [2.24, 2.45) is 39.3 Å². The minimum absolute atomic E-state index is 0.0623. The van der Waals surface area contributed by atoms with E-state index in [1.807, 2.05) is 76.2 Å². The normalized spacial score (nSPS) is 27.8. The highest BCUT2D eigenvalue weighted by molar-refractivity contribution is 6.22. The molecule has 6 atom stereocenters. The van der Waals surface area contributed by atoms with Crippen LogP contribution in [0.25, 0.3) is 0 Å². The Labute approximate surface area is 292 Å².